The van der Waals surface area contributed by atoms with Gasteiger partial charge in [0.05, 0.1) is 17.0 Å². The molecule has 2 fully saturated rings. The first-order valence-electron chi connectivity index (χ1n) is 11.2. The molecule has 1 aliphatic carbocycles. The average Bonchev–Trinajstić information content (AvgIpc) is 3.08. The van der Waals surface area contributed by atoms with E-state index in [-0.39, 0.29) is 23.3 Å². The molecule has 34 heavy (non-hydrogen) atoms. The molecule has 2 aromatic carbocycles. The molecule has 1 saturated carbocycles. The van der Waals surface area contributed by atoms with Crippen LogP contribution < -0.4 is 10.2 Å². The molecule has 1 N–H and O–H groups in total. The standard InChI is InChI=1S/C24H26ClN3O5S/c1-16(29)26-18-9-11-19(12-10-18)27-23(30)15-22(24(27)31)28(20-5-3-2-4-6-20)34(32,33)21-13-7-17(25)8-14-21/h7-14,20,22H,2-6,15H2,1H3,(H,26,29). The third-order valence-corrected chi connectivity index (χ3v) is 8.43. The molecule has 180 valence electrons. The number of nitrogens with one attached hydrogen (secondary N) is 1. The molecular weight excluding hydrogens is 478 g/mol. The average molecular weight is 504 g/mol. The SMILES string of the molecule is CC(=O)Nc1ccc(N2C(=O)CC(N(C3CCCCC3)S(=O)(=O)c3ccc(Cl)cc3)C2=O)cc1. The van der Waals surface area contributed by atoms with Crippen molar-refractivity contribution in [2.45, 2.75) is 62.4 Å². The van der Waals surface area contributed by atoms with E-state index in [4.69, 9.17) is 11.6 Å². The fourth-order valence-electron chi connectivity index (χ4n) is 4.67. The van der Waals surface area contributed by atoms with Crippen molar-refractivity contribution < 1.29 is 22.8 Å². The number of carbonyl (C=O) groups is 3. The first kappa shape index (κ1) is 24.4. The van der Waals surface area contributed by atoms with Gasteiger partial charge in [-0.1, -0.05) is 30.9 Å². The summed E-state index contributed by atoms with van der Waals surface area (Å²) in [5.74, 6) is -1.27. The van der Waals surface area contributed by atoms with Gasteiger partial charge in [-0.3, -0.25) is 14.4 Å². The number of hydrogen-bond donors (Lipinski definition) is 1. The van der Waals surface area contributed by atoms with Crippen LogP contribution in [-0.4, -0.2) is 42.5 Å². The first-order valence-corrected chi connectivity index (χ1v) is 13.0. The summed E-state index contributed by atoms with van der Waals surface area (Å²) in [6.07, 6.45) is 3.78. The lowest BCUT2D eigenvalue weighted by atomic mass is 9.94. The van der Waals surface area contributed by atoms with Gasteiger partial charge in [0.15, 0.2) is 0 Å². The predicted octanol–water partition coefficient (Wildman–Crippen LogP) is 3.95. The number of anilines is 2. The van der Waals surface area contributed by atoms with E-state index in [0.717, 1.165) is 24.2 Å². The summed E-state index contributed by atoms with van der Waals surface area (Å²) in [4.78, 5) is 38.8. The van der Waals surface area contributed by atoms with Gasteiger partial charge in [0.2, 0.25) is 21.8 Å². The summed E-state index contributed by atoms with van der Waals surface area (Å²) in [6, 6.07) is 10.7. The fraction of sp³-hybridized carbons (Fsp3) is 0.375. The van der Waals surface area contributed by atoms with E-state index in [9.17, 15) is 22.8 Å². The Kier molecular flexibility index (Phi) is 7.06. The number of imide groups is 1. The zero-order valence-corrected chi connectivity index (χ0v) is 20.3. The number of hydrogen-bond acceptors (Lipinski definition) is 5. The summed E-state index contributed by atoms with van der Waals surface area (Å²) in [5, 5.41) is 3.04. The van der Waals surface area contributed by atoms with Crippen LogP contribution in [0.2, 0.25) is 5.02 Å². The number of nitrogens with zero attached hydrogens (tertiary/aromatic N) is 2. The summed E-state index contributed by atoms with van der Waals surface area (Å²) in [7, 11) is -4.06. The van der Waals surface area contributed by atoms with Crippen molar-refractivity contribution >= 4 is 50.7 Å². The Hall–Kier alpha value is -2.75. The van der Waals surface area contributed by atoms with Crippen LogP contribution >= 0.6 is 11.6 Å². The monoisotopic (exact) mass is 503 g/mol. The molecule has 8 nitrogen and oxygen atoms in total. The molecule has 10 heteroatoms. The number of rotatable bonds is 6. The molecule has 1 heterocycles. The normalized spacial score (nSPS) is 19.6. The highest BCUT2D eigenvalue weighted by atomic mass is 35.5. The summed E-state index contributed by atoms with van der Waals surface area (Å²) in [5.41, 5.74) is 0.861. The summed E-state index contributed by atoms with van der Waals surface area (Å²) in [6.45, 7) is 1.38. The zero-order valence-electron chi connectivity index (χ0n) is 18.7. The Morgan fingerprint density at radius 3 is 2.21 bits per heavy atom. The van der Waals surface area contributed by atoms with Crippen LogP contribution in [0.15, 0.2) is 53.4 Å². The van der Waals surface area contributed by atoms with E-state index in [1.54, 1.807) is 24.3 Å². The lowest BCUT2D eigenvalue weighted by Crippen LogP contribution is -2.51. The Labute approximate surface area is 203 Å². The van der Waals surface area contributed by atoms with Crippen LogP contribution in [0.5, 0.6) is 0 Å². The zero-order chi connectivity index (χ0) is 24.5. The number of amides is 3. The van der Waals surface area contributed by atoms with Gasteiger partial charge in [0.1, 0.15) is 6.04 Å². The van der Waals surface area contributed by atoms with Crippen LogP contribution in [0.1, 0.15) is 45.4 Å². The van der Waals surface area contributed by atoms with Crippen molar-refractivity contribution in [2.75, 3.05) is 10.2 Å². The number of benzene rings is 2. The molecule has 0 aromatic heterocycles. The topological polar surface area (TPSA) is 104 Å². The second-order valence-electron chi connectivity index (χ2n) is 8.60. The van der Waals surface area contributed by atoms with E-state index >= 15 is 0 Å². The minimum absolute atomic E-state index is 0.0424. The van der Waals surface area contributed by atoms with Crippen molar-refractivity contribution in [2.24, 2.45) is 0 Å². The second-order valence-corrected chi connectivity index (χ2v) is 10.9. The highest BCUT2D eigenvalue weighted by molar-refractivity contribution is 7.89. The molecule has 3 amide bonds. The summed E-state index contributed by atoms with van der Waals surface area (Å²) >= 11 is 5.95. The Morgan fingerprint density at radius 1 is 1.00 bits per heavy atom. The molecule has 1 saturated heterocycles. The van der Waals surface area contributed by atoms with Crippen molar-refractivity contribution in [1.29, 1.82) is 0 Å². The molecule has 0 bridgehead atoms. The summed E-state index contributed by atoms with van der Waals surface area (Å²) < 4.78 is 28.7. The van der Waals surface area contributed by atoms with Gasteiger partial charge < -0.3 is 5.32 Å². The van der Waals surface area contributed by atoms with E-state index in [2.05, 4.69) is 5.32 Å². The largest absolute Gasteiger partial charge is 0.326 e. The maximum Gasteiger partial charge on any atom is 0.252 e. The Morgan fingerprint density at radius 2 is 1.62 bits per heavy atom. The van der Waals surface area contributed by atoms with Crippen molar-refractivity contribution in [3.05, 3.63) is 53.6 Å². The molecule has 0 radical (unpaired) electrons. The van der Waals surface area contributed by atoms with Gasteiger partial charge in [-0.25, -0.2) is 13.3 Å². The smallest absolute Gasteiger partial charge is 0.252 e. The van der Waals surface area contributed by atoms with Crippen LogP contribution in [0.3, 0.4) is 0 Å². The minimum atomic E-state index is -4.06. The maximum absolute atomic E-state index is 13.7. The molecule has 2 aromatic rings. The lowest BCUT2D eigenvalue weighted by molar-refractivity contribution is -0.122. The molecule has 0 spiro atoms. The third-order valence-electron chi connectivity index (χ3n) is 6.20. The number of halogens is 1. The van der Waals surface area contributed by atoms with Gasteiger partial charge in [-0.2, -0.15) is 4.31 Å². The van der Waals surface area contributed by atoms with Gasteiger partial charge in [-0.15, -0.1) is 0 Å². The van der Waals surface area contributed by atoms with Gasteiger partial charge in [0, 0.05) is 23.7 Å². The molecule has 1 unspecified atom stereocenters. The second kappa shape index (κ2) is 9.85. The van der Waals surface area contributed by atoms with Crippen LogP contribution in [0.4, 0.5) is 11.4 Å². The molecular formula is C24H26ClN3O5S. The highest BCUT2D eigenvalue weighted by Gasteiger charge is 2.49. The van der Waals surface area contributed by atoms with Gasteiger partial charge in [-0.05, 0) is 61.4 Å². The fourth-order valence-corrected chi connectivity index (χ4v) is 6.62. The van der Waals surface area contributed by atoms with Crippen molar-refractivity contribution in [1.82, 2.24) is 4.31 Å². The van der Waals surface area contributed by atoms with Gasteiger partial charge >= 0.3 is 0 Å². The van der Waals surface area contributed by atoms with Crippen LogP contribution in [0, 0.1) is 0 Å². The first-order chi connectivity index (χ1) is 16.2. The van der Waals surface area contributed by atoms with Crippen LogP contribution in [0.25, 0.3) is 0 Å². The Bertz CT molecular complexity index is 1190. The molecule has 1 atom stereocenters. The van der Waals surface area contributed by atoms with E-state index < -0.39 is 27.9 Å². The number of sulfonamides is 1. The third kappa shape index (κ3) is 4.87. The van der Waals surface area contributed by atoms with E-state index in [0.29, 0.717) is 29.2 Å². The van der Waals surface area contributed by atoms with Gasteiger partial charge in [0.25, 0.3) is 5.91 Å². The quantitative estimate of drug-likeness (QED) is 0.601. The molecule has 2 aliphatic rings. The van der Waals surface area contributed by atoms with Crippen molar-refractivity contribution in [3.63, 3.8) is 0 Å². The minimum Gasteiger partial charge on any atom is -0.326 e. The predicted molar refractivity (Wildman–Crippen MR) is 129 cm³/mol. The van der Waals surface area contributed by atoms with E-state index in [1.807, 2.05) is 0 Å². The lowest BCUT2D eigenvalue weighted by Gasteiger charge is -2.36. The Balaban J connectivity index is 1.68. The molecule has 4 rings (SSSR count). The molecule has 1 aliphatic heterocycles. The maximum atomic E-state index is 13.7. The number of carbonyl (C=O) groups excluding carboxylic acids is 3. The van der Waals surface area contributed by atoms with E-state index in [1.165, 1.54) is 35.5 Å². The van der Waals surface area contributed by atoms with Crippen LogP contribution in [-0.2, 0) is 24.4 Å². The highest BCUT2D eigenvalue weighted by Crippen LogP contribution is 2.35. The van der Waals surface area contributed by atoms with Crippen molar-refractivity contribution in [3.8, 4) is 0 Å².